The number of hydrogen-bond donors (Lipinski definition) is 1. The molecule has 1 unspecified atom stereocenters. The Morgan fingerprint density at radius 3 is 3.00 bits per heavy atom. The predicted octanol–water partition coefficient (Wildman–Crippen LogP) is 1.66. The van der Waals surface area contributed by atoms with Gasteiger partial charge in [-0.05, 0) is 24.5 Å². The number of ketones is 1. The second-order valence-electron chi connectivity index (χ2n) is 4.37. The third-order valence-electron chi connectivity index (χ3n) is 3.34. The van der Waals surface area contributed by atoms with Crippen molar-refractivity contribution < 1.29 is 9.53 Å². The molecule has 2 N–H and O–H groups in total. The number of hydrogen-bond acceptors (Lipinski definition) is 4. The van der Waals surface area contributed by atoms with E-state index >= 15 is 0 Å². The van der Waals surface area contributed by atoms with Gasteiger partial charge in [-0.1, -0.05) is 28.1 Å². The molecule has 1 heterocycles. The molecule has 1 spiro atoms. The molecule has 0 radical (unpaired) electrons. The van der Waals surface area contributed by atoms with Crippen LogP contribution in [0.4, 0.5) is 0 Å². The number of carbonyl (C=O) groups excluding carboxylic acids is 1. The van der Waals surface area contributed by atoms with E-state index in [0.29, 0.717) is 6.42 Å². The van der Waals surface area contributed by atoms with Gasteiger partial charge in [0.2, 0.25) is 0 Å². The molecule has 88 valence electrons. The first-order chi connectivity index (χ1) is 8.12. The fraction of sp³-hybridized carbons (Fsp3) is 0.333. The molecule has 0 aromatic heterocycles. The van der Waals surface area contributed by atoms with Crippen LogP contribution >= 0.6 is 15.9 Å². The fourth-order valence-electron chi connectivity index (χ4n) is 2.43. The van der Waals surface area contributed by atoms with Gasteiger partial charge >= 0.3 is 0 Å². The molecule has 0 bridgehead atoms. The normalized spacial score (nSPS) is 26.6. The summed E-state index contributed by atoms with van der Waals surface area (Å²) in [4.78, 5) is 16.7. The lowest BCUT2D eigenvalue weighted by Crippen LogP contribution is -2.42. The van der Waals surface area contributed by atoms with Crippen molar-refractivity contribution in [3.05, 3.63) is 33.8 Å². The molecule has 4 nitrogen and oxygen atoms in total. The first-order valence-corrected chi connectivity index (χ1v) is 6.22. The number of amidine groups is 1. The molecule has 1 aromatic rings. The van der Waals surface area contributed by atoms with Crippen LogP contribution in [0.15, 0.2) is 27.7 Å². The molecular formula is C12H11BrN2O2. The Hall–Kier alpha value is -1.36. The van der Waals surface area contributed by atoms with E-state index < -0.39 is 5.54 Å². The second kappa shape index (κ2) is 3.57. The van der Waals surface area contributed by atoms with Crippen LogP contribution in [0.1, 0.15) is 22.3 Å². The molecule has 2 aliphatic rings. The Labute approximate surface area is 107 Å². The summed E-state index contributed by atoms with van der Waals surface area (Å²) >= 11 is 3.43. The van der Waals surface area contributed by atoms with Crippen LogP contribution in [0.25, 0.3) is 0 Å². The third kappa shape index (κ3) is 1.49. The summed E-state index contributed by atoms with van der Waals surface area (Å²) in [5.41, 5.74) is 6.52. The summed E-state index contributed by atoms with van der Waals surface area (Å²) in [6.45, 7) is 0.262. The summed E-state index contributed by atoms with van der Waals surface area (Å²) in [6, 6.07) is 5.91. The van der Waals surface area contributed by atoms with Crippen molar-refractivity contribution in [2.45, 2.75) is 18.4 Å². The van der Waals surface area contributed by atoms with Gasteiger partial charge in [-0.25, -0.2) is 4.99 Å². The van der Waals surface area contributed by atoms with Gasteiger partial charge in [0.1, 0.15) is 6.61 Å². The van der Waals surface area contributed by atoms with Crippen LogP contribution < -0.4 is 5.73 Å². The lowest BCUT2D eigenvalue weighted by molar-refractivity contribution is 0.0834. The maximum Gasteiger partial charge on any atom is 0.283 e. The van der Waals surface area contributed by atoms with E-state index in [0.717, 1.165) is 22.0 Å². The SMILES string of the molecule is NC1=NC2(CCc3cccc(Br)c3C2=O)CO1. The Bertz CT molecular complexity index is 541. The molecule has 3 rings (SSSR count). The van der Waals surface area contributed by atoms with Gasteiger partial charge in [0.05, 0.1) is 0 Å². The standard InChI is InChI=1S/C12H11BrN2O2/c13-8-3-1-2-7-4-5-12(10(16)9(7)8)6-17-11(14)15-12/h1-3H,4-6H2,(H2,14,15). The molecule has 0 amide bonds. The molecule has 1 aliphatic heterocycles. The third-order valence-corrected chi connectivity index (χ3v) is 4.00. The van der Waals surface area contributed by atoms with E-state index in [1.807, 2.05) is 18.2 Å². The highest BCUT2D eigenvalue weighted by Crippen LogP contribution is 2.37. The first-order valence-electron chi connectivity index (χ1n) is 5.43. The summed E-state index contributed by atoms with van der Waals surface area (Å²) in [6.07, 6.45) is 1.48. The van der Waals surface area contributed by atoms with Crippen LogP contribution in [0.3, 0.4) is 0 Å². The Kier molecular flexibility index (Phi) is 2.26. The minimum atomic E-state index is -0.791. The van der Waals surface area contributed by atoms with E-state index in [1.165, 1.54) is 0 Å². The van der Waals surface area contributed by atoms with E-state index in [1.54, 1.807) is 0 Å². The second-order valence-corrected chi connectivity index (χ2v) is 5.23. The number of carbonyl (C=O) groups is 1. The number of aryl methyl sites for hydroxylation is 1. The largest absolute Gasteiger partial charge is 0.462 e. The van der Waals surface area contributed by atoms with Crippen molar-refractivity contribution >= 4 is 27.7 Å². The Balaban J connectivity index is 2.13. The molecule has 1 aliphatic carbocycles. The highest BCUT2D eigenvalue weighted by molar-refractivity contribution is 9.10. The number of halogens is 1. The summed E-state index contributed by atoms with van der Waals surface area (Å²) in [5, 5.41) is 0. The van der Waals surface area contributed by atoms with Crippen molar-refractivity contribution in [3.8, 4) is 0 Å². The molecular weight excluding hydrogens is 284 g/mol. The number of Topliss-reactive ketones (excluding diaryl/α,β-unsaturated/α-hetero) is 1. The molecule has 17 heavy (non-hydrogen) atoms. The van der Waals surface area contributed by atoms with Gasteiger partial charge < -0.3 is 10.5 Å². The van der Waals surface area contributed by atoms with Crippen LogP contribution in [0.2, 0.25) is 0 Å². The monoisotopic (exact) mass is 294 g/mol. The van der Waals surface area contributed by atoms with Crippen LogP contribution in [0, 0.1) is 0 Å². The maximum absolute atomic E-state index is 12.5. The number of nitrogens with two attached hydrogens (primary N) is 1. The molecule has 0 saturated heterocycles. The topological polar surface area (TPSA) is 64.7 Å². The van der Waals surface area contributed by atoms with Gasteiger partial charge in [-0.3, -0.25) is 4.79 Å². The molecule has 1 atom stereocenters. The van der Waals surface area contributed by atoms with Crippen LogP contribution in [0.5, 0.6) is 0 Å². The van der Waals surface area contributed by atoms with Crippen molar-refractivity contribution in [2.75, 3.05) is 6.61 Å². The maximum atomic E-state index is 12.5. The van der Waals surface area contributed by atoms with Crippen molar-refractivity contribution in [1.82, 2.24) is 0 Å². The zero-order chi connectivity index (χ0) is 12.0. The van der Waals surface area contributed by atoms with Gasteiger partial charge in [0.15, 0.2) is 11.3 Å². The van der Waals surface area contributed by atoms with Crippen LogP contribution in [-0.2, 0) is 11.2 Å². The summed E-state index contributed by atoms with van der Waals surface area (Å²) < 4.78 is 5.98. The van der Waals surface area contributed by atoms with Crippen molar-refractivity contribution in [3.63, 3.8) is 0 Å². The van der Waals surface area contributed by atoms with Gasteiger partial charge in [0, 0.05) is 10.0 Å². The number of ether oxygens (including phenoxy) is 1. The average Bonchev–Trinajstić information content (AvgIpc) is 2.67. The highest BCUT2D eigenvalue weighted by atomic mass is 79.9. The van der Waals surface area contributed by atoms with E-state index in [9.17, 15) is 4.79 Å². The number of fused-ring (bicyclic) bond motifs is 1. The van der Waals surface area contributed by atoms with Gasteiger partial charge in [-0.2, -0.15) is 0 Å². The van der Waals surface area contributed by atoms with Gasteiger partial charge in [0.25, 0.3) is 6.02 Å². The number of nitrogens with zero attached hydrogens (tertiary/aromatic N) is 1. The number of rotatable bonds is 0. The quantitative estimate of drug-likeness (QED) is 0.791. The van der Waals surface area contributed by atoms with Gasteiger partial charge in [-0.15, -0.1) is 0 Å². The highest BCUT2D eigenvalue weighted by Gasteiger charge is 2.47. The number of aliphatic imine (C=N–C) groups is 1. The first kappa shape index (κ1) is 10.8. The zero-order valence-corrected chi connectivity index (χ0v) is 10.7. The summed E-state index contributed by atoms with van der Waals surface area (Å²) in [7, 11) is 0. The Morgan fingerprint density at radius 1 is 1.47 bits per heavy atom. The van der Waals surface area contributed by atoms with E-state index in [2.05, 4.69) is 20.9 Å². The predicted molar refractivity (Wildman–Crippen MR) is 67.1 cm³/mol. The molecule has 5 heteroatoms. The average molecular weight is 295 g/mol. The lowest BCUT2D eigenvalue weighted by Gasteiger charge is -2.29. The van der Waals surface area contributed by atoms with Crippen molar-refractivity contribution in [1.29, 1.82) is 0 Å². The summed E-state index contributed by atoms with van der Waals surface area (Å²) in [5.74, 6) is 0.00618. The van der Waals surface area contributed by atoms with E-state index in [-0.39, 0.29) is 18.4 Å². The van der Waals surface area contributed by atoms with E-state index in [4.69, 9.17) is 10.5 Å². The Morgan fingerprint density at radius 2 is 2.29 bits per heavy atom. The van der Waals surface area contributed by atoms with Crippen molar-refractivity contribution in [2.24, 2.45) is 10.7 Å². The van der Waals surface area contributed by atoms with Crippen LogP contribution in [-0.4, -0.2) is 24.0 Å². The minimum Gasteiger partial charge on any atom is -0.462 e. The molecule has 0 fully saturated rings. The fourth-order valence-corrected chi connectivity index (χ4v) is 3.02. The number of benzene rings is 1. The zero-order valence-electron chi connectivity index (χ0n) is 9.07. The minimum absolute atomic E-state index is 0.00618. The smallest absolute Gasteiger partial charge is 0.283 e. The molecule has 1 aromatic carbocycles. The lowest BCUT2D eigenvalue weighted by atomic mass is 9.78. The molecule has 0 saturated carbocycles.